The van der Waals surface area contributed by atoms with Crippen LogP contribution in [0, 0.1) is 17.3 Å². The van der Waals surface area contributed by atoms with Crippen molar-refractivity contribution >= 4 is 35.1 Å². The molecule has 4 heterocycles. The van der Waals surface area contributed by atoms with Crippen molar-refractivity contribution in [2.75, 3.05) is 25.2 Å². The molecule has 0 aromatic carbocycles. The molecule has 1 N–H and O–H groups in total. The van der Waals surface area contributed by atoms with Crippen molar-refractivity contribution in [3.8, 4) is 11.5 Å². The molecule has 0 saturated carbocycles. The number of anilines is 1. The number of amides is 1. The van der Waals surface area contributed by atoms with Crippen LogP contribution in [0.2, 0.25) is 0 Å². The third-order valence-electron chi connectivity index (χ3n) is 7.45. The van der Waals surface area contributed by atoms with E-state index in [1.807, 2.05) is 13.0 Å². The van der Waals surface area contributed by atoms with E-state index in [4.69, 9.17) is 4.74 Å². The van der Waals surface area contributed by atoms with Crippen molar-refractivity contribution < 1.29 is 13.4 Å². The first kappa shape index (κ1) is 23.3. The van der Waals surface area contributed by atoms with Crippen LogP contribution in [0.5, 0.6) is 0 Å². The van der Waals surface area contributed by atoms with E-state index in [2.05, 4.69) is 33.9 Å². The lowest BCUT2D eigenvalue weighted by atomic mass is 9.76. The number of fused-ring (bicyclic) bond motifs is 2. The number of nitrogens with one attached hydrogen (secondary N) is 1. The van der Waals surface area contributed by atoms with Gasteiger partial charge < -0.3 is 14.6 Å². The van der Waals surface area contributed by atoms with Crippen LogP contribution in [0.1, 0.15) is 51.3 Å². The molecule has 5 rings (SSSR count). The fourth-order valence-electron chi connectivity index (χ4n) is 5.19. The molecular weight excluding hydrogens is 455 g/mol. The van der Waals surface area contributed by atoms with E-state index in [9.17, 15) is 8.68 Å². The van der Waals surface area contributed by atoms with Gasteiger partial charge in [-0.15, -0.1) is 3.89 Å². The van der Waals surface area contributed by atoms with Crippen molar-refractivity contribution in [2.24, 2.45) is 17.3 Å². The number of halogens is 1. The number of imidazole rings is 1. The molecular formula is C24H31FN6O2S. The van der Waals surface area contributed by atoms with Gasteiger partial charge in [-0.3, -0.25) is 4.79 Å². The van der Waals surface area contributed by atoms with E-state index in [0.717, 1.165) is 48.9 Å². The molecule has 1 amide bonds. The van der Waals surface area contributed by atoms with Crippen LogP contribution in [-0.2, 0) is 22.4 Å². The second-order valence-corrected chi connectivity index (χ2v) is 10.8. The van der Waals surface area contributed by atoms with Gasteiger partial charge in [0.2, 0.25) is 5.91 Å². The second-order valence-electron chi connectivity index (χ2n) is 10.3. The zero-order valence-corrected chi connectivity index (χ0v) is 20.9. The molecule has 1 aliphatic heterocycles. The van der Waals surface area contributed by atoms with Gasteiger partial charge in [0, 0.05) is 31.7 Å². The summed E-state index contributed by atoms with van der Waals surface area (Å²) >= 11 is 0.127. The summed E-state index contributed by atoms with van der Waals surface area (Å²) in [7, 11) is 1.79. The van der Waals surface area contributed by atoms with Gasteiger partial charge in [0.15, 0.2) is 23.8 Å². The van der Waals surface area contributed by atoms with E-state index >= 15 is 0 Å². The summed E-state index contributed by atoms with van der Waals surface area (Å²) in [6.07, 6.45) is 6.11. The Kier molecular flexibility index (Phi) is 6.14. The van der Waals surface area contributed by atoms with Crippen LogP contribution in [0.25, 0.3) is 22.7 Å². The minimum absolute atomic E-state index is 0.0724. The highest BCUT2D eigenvalue weighted by atomic mass is 32.2. The van der Waals surface area contributed by atoms with Crippen LogP contribution in [0.4, 0.5) is 9.57 Å². The van der Waals surface area contributed by atoms with Crippen LogP contribution in [0.15, 0.2) is 12.3 Å². The molecule has 34 heavy (non-hydrogen) atoms. The molecule has 1 fully saturated rings. The first-order valence-electron chi connectivity index (χ1n) is 11.9. The van der Waals surface area contributed by atoms with Crippen molar-refractivity contribution in [3.05, 3.63) is 23.5 Å². The monoisotopic (exact) mass is 486 g/mol. The topological polar surface area (TPSA) is 88.9 Å². The van der Waals surface area contributed by atoms with Crippen molar-refractivity contribution in [1.29, 1.82) is 0 Å². The maximum atomic E-state index is 13.6. The molecule has 10 heteroatoms. The van der Waals surface area contributed by atoms with Gasteiger partial charge in [-0.25, -0.2) is 9.97 Å². The predicted molar refractivity (Wildman–Crippen MR) is 131 cm³/mol. The fraction of sp³-hybridized carbons (Fsp3) is 0.583. The number of carbonyl (C=O) groups is 1. The Labute approximate surface area is 203 Å². The zero-order chi connectivity index (χ0) is 24.0. The van der Waals surface area contributed by atoms with E-state index in [0.29, 0.717) is 42.0 Å². The largest absolute Gasteiger partial charge is 0.381 e. The number of rotatable bonds is 5. The summed E-state index contributed by atoms with van der Waals surface area (Å²) in [6.45, 7) is 7.83. The smallest absolute Gasteiger partial charge is 0.229 e. The van der Waals surface area contributed by atoms with Gasteiger partial charge in [-0.05, 0) is 49.5 Å². The summed E-state index contributed by atoms with van der Waals surface area (Å²) in [4.78, 5) is 27.3. The highest BCUT2D eigenvalue weighted by Gasteiger charge is 2.33. The zero-order valence-electron chi connectivity index (χ0n) is 20.1. The summed E-state index contributed by atoms with van der Waals surface area (Å²) < 4.78 is 20.5. The number of carbonyl (C=O) groups excluding carboxylic acids is 1. The number of ether oxygens (including phenoxy) is 1. The molecule has 0 radical (unpaired) electrons. The number of aromatic amines is 1. The van der Waals surface area contributed by atoms with Crippen LogP contribution >= 0.6 is 12.3 Å². The lowest BCUT2D eigenvalue weighted by Gasteiger charge is -2.30. The highest BCUT2D eigenvalue weighted by molar-refractivity contribution is 7.92. The Balaban J connectivity index is 1.43. The SMILES string of the molecule is CC(C(=O)N(C)c1cnc2nc(-c3nn(SF)c4c3CCC(C)(C)C4)[nH]c2c1)C1CCOCC1. The third kappa shape index (κ3) is 4.22. The van der Waals surface area contributed by atoms with Gasteiger partial charge >= 0.3 is 0 Å². The standard InChI is InChI=1S/C24H31FN6O2S/c1-14(15-6-9-33-10-7-15)23(32)30(4)16-11-18-21(26-13-16)28-22(27-18)20-17-5-8-24(2,3)12-19(17)31(29-20)34-25/h11,13-15H,5-10,12H2,1-4H3,(H,26,27,28). The van der Waals surface area contributed by atoms with E-state index in [1.54, 1.807) is 18.1 Å². The molecule has 1 saturated heterocycles. The quantitative estimate of drug-likeness (QED) is 0.560. The van der Waals surface area contributed by atoms with Crippen molar-refractivity contribution in [2.45, 2.75) is 52.9 Å². The van der Waals surface area contributed by atoms with Gasteiger partial charge in [0.1, 0.15) is 5.69 Å². The predicted octanol–water partition coefficient (Wildman–Crippen LogP) is 4.74. The summed E-state index contributed by atoms with van der Waals surface area (Å²) in [5.74, 6) is 0.898. The van der Waals surface area contributed by atoms with E-state index in [-0.39, 0.29) is 29.6 Å². The van der Waals surface area contributed by atoms with E-state index < -0.39 is 0 Å². The molecule has 3 aromatic rings. The minimum Gasteiger partial charge on any atom is -0.381 e. The lowest BCUT2D eigenvalue weighted by molar-refractivity contribution is -0.124. The molecule has 1 atom stereocenters. The number of H-pyrrole nitrogens is 1. The number of hydrogen-bond donors (Lipinski definition) is 1. The fourth-order valence-corrected chi connectivity index (χ4v) is 5.56. The molecule has 0 bridgehead atoms. The van der Waals surface area contributed by atoms with Gasteiger partial charge in [0.05, 0.1) is 23.1 Å². The molecule has 1 aliphatic carbocycles. The number of nitrogens with zero attached hydrogens (tertiary/aromatic N) is 5. The Bertz CT molecular complexity index is 1220. The molecule has 8 nitrogen and oxygen atoms in total. The van der Waals surface area contributed by atoms with Gasteiger partial charge in [-0.1, -0.05) is 20.8 Å². The molecule has 182 valence electrons. The van der Waals surface area contributed by atoms with E-state index in [1.165, 1.54) is 4.09 Å². The maximum Gasteiger partial charge on any atom is 0.229 e. The van der Waals surface area contributed by atoms with Gasteiger partial charge in [-0.2, -0.15) is 9.19 Å². The molecule has 1 unspecified atom stereocenters. The Morgan fingerprint density at radius 3 is 2.88 bits per heavy atom. The Morgan fingerprint density at radius 1 is 1.38 bits per heavy atom. The summed E-state index contributed by atoms with van der Waals surface area (Å²) in [5.41, 5.74) is 4.72. The normalized spacial score (nSPS) is 19.2. The number of aromatic nitrogens is 5. The maximum absolute atomic E-state index is 13.6. The second kappa shape index (κ2) is 8.96. The third-order valence-corrected chi connectivity index (χ3v) is 7.88. The number of pyridine rings is 1. The van der Waals surface area contributed by atoms with Crippen LogP contribution in [-0.4, -0.2) is 50.3 Å². The summed E-state index contributed by atoms with van der Waals surface area (Å²) in [6, 6.07) is 1.89. The molecule has 0 spiro atoms. The van der Waals surface area contributed by atoms with Crippen LogP contribution in [0.3, 0.4) is 0 Å². The first-order valence-corrected chi connectivity index (χ1v) is 12.6. The van der Waals surface area contributed by atoms with Crippen molar-refractivity contribution in [1.82, 2.24) is 24.1 Å². The average Bonchev–Trinajstić information content (AvgIpc) is 3.42. The minimum atomic E-state index is -0.0835. The molecule has 3 aromatic heterocycles. The van der Waals surface area contributed by atoms with Crippen LogP contribution < -0.4 is 4.90 Å². The van der Waals surface area contributed by atoms with Gasteiger partial charge in [0.25, 0.3) is 0 Å². The lowest BCUT2D eigenvalue weighted by Crippen LogP contribution is -2.37. The first-order chi connectivity index (χ1) is 16.3. The van der Waals surface area contributed by atoms with Crippen molar-refractivity contribution in [3.63, 3.8) is 0 Å². The Hall–Kier alpha value is -2.46. The highest BCUT2D eigenvalue weighted by Crippen LogP contribution is 2.40. The molecule has 2 aliphatic rings. The average molecular weight is 487 g/mol. The number of hydrogen-bond acceptors (Lipinski definition) is 6. The summed E-state index contributed by atoms with van der Waals surface area (Å²) in [5, 5.41) is 4.51. The Morgan fingerprint density at radius 2 is 2.15 bits per heavy atom.